The van der Waals surface area contributed by atoms with Crippen molar-refractivity contribution in [3.63, 3.8) is 0 Å². The van der Waals surface area contributed by atoms with Gasteiger partial charge in [-0.25, -0.2) is 0 Å². The van der Waals surface area contributed by atoms with Gasteiger partial charge >= 0.3 is 0 Å². The first-order valence-corrected chi connectivity index (χ1v) is 6.82. The molecule has 2 nitrogen and oxygen atoms in total. The van der Waals surface area contributed by atoms with Crippen molar-refractivity contribution in [1.82, 2.24) is 5.32 Å². The molecular formula is C14H28N2. The summed E-state index contributed by atoms with van der Waals surface area (Å²) in [4.78, 5) is 0. The van der Waals surface area contributed by atoms with Crippen molar-refractivity contribution in [3.8, 4) is 0 Å². The Kier molecular flexibility index (Phi) is 6.07. The van der Waals surface area contributed by atoms with Gasteiger partial charge in [-0.3, -0.25) is 0 Å². The number of hydrogen-bond donors (Lipinski definition) is 2. The van der Waals surface area contributed by atoms with E-state index < -0.39 is 0 Å². The minimum atomic E-state index is 0.229. The fourth-order valence-corrected chi connectivity index (χ4v) is 2.82. The lowest BCUT2D eigenvalue weighted by molar-refractivity contribution is 0.188. The summed E-state index contributed by atoms with van der Waals surface area (Å²) in [6, 6.07) is 0. The van der Waals surface area contributed by atoms with Crippen LogP contribution in [-0.2, 0) is 0 Å². The van der Waals surface area contributed by atoms with Crippen LogP contribution in [0.25, 0.3) is 0 Å². The van der Waals surface area contributed by atoms with Crippen molar-refractivity contribution in [3.05, 3.63) is 12.7 Å². The molecule has 0 saturated heterocycles. The van der Waals surface area contributed by atoms with Crippen molar-refractivity contribution in [2.24, 2.45) is 11.7 Å². The van der Waals surface area contributed by atoms with Gasteiger partial charge in [0.1, 0.15) is 0 Å². The molecule has 0 aromatic carbocycles. The van der Waals surface area contributed by atoms with Gasteiger partial charge in [0.15, 0.2) is 0 Å². The van der Waals surface area contributed by atoms with E-state index in [-0.39, 0.29) is 5.54 Å². The van der Waals surface area contributed by atoms with Gasteiger partial charge < -0.3 is 11.1 Å². The third-order valence-electron chi connectivity index (χ3n) is 4.00. The second kappa shape index (κ2) is 7.08. The lowest BCUT2D eigenvalue weighted by Gasteiger charge is -2.40. The number of hydrogen-bond acceptors (Lipinski definition) is 2. The molecule has 94 valence electrons. The Bertz CT molecular complexity index is 193. The summed E-state index contributed by atoms with van der Waals surface area (Å²) in [5.74, 6) is 0.950. The molecule has 0 aromatic heterocycles. The standard InChI is InChI=1S/C14H28N2/c1-3-5-11-16-14(12-15)9-7-13(6-4-2)8-10-14/h3,13,16H,1,4-12,15H2,2H3. The van der Waals surface area contributed by atoms with Gasteiger partial charge in [-0.1, -0.05) is 25.8 Å². The third-order valence-corrected chi connectivity index (χ3v) is 4.00. The van der Waals surface area contributed by atoms with Gasteiger partial charge in [-0.15, -0.1) is 6.58 Å². The van der Waals surface area contributed by atoms with Gasteiger partial charge in [0.25, 0.3) is 0 Å². The van der Waals surface area contributed by atoms with Gasteiger partial charge in [-0.2, -0.15) is 0 Å². The molecule has 1 saturated carbocycles. The summed E-state index contributed by atoms with van der Waals surface area (Å²) < 4.78 is 0. The minimum Gasteiger partial charge on any atom is -0.329 e. The van der Waals surface area contributed by atoms with Crippen LogP contribution in [0.15, 0.2) is 12.7 Å². The zero-order valence-electron chi connectivity index (χ0n) is 10.8. The Balaban J connectivity index is 2.35. The van der Waals surface area contributed by atoms with E-state index >= 15 is 0 Å². The average Bonchev–Trinajstić information content (AvgIpc) is 2.32. The lowest BCUT2D eigenvalue weighted by Crippen LogP contribution is -2.53. The Morgan fingerprint density at radius 3 is 2.62 bits per heavy atom. The zero-order valence-corrected chi connectivity index (χ0v) is 10.8. The molecule has 1 fully saturated rings. The van der Waals surface area contributed by atoms with E-state index in [4.69, 9.17) is 5.73 Å². The average molecular weight is 224 g/mol. The van der Waals surface area contributed by atoms with Crippen LogP contribution in [0, 0.1) is 5.92 Å². The molecule has 16 heavy (non-hydrogen) atoms. The first kappa shape index (κ1) is 13.7. The van der Waals surface area contributed by atoms with Crippen LogP contribution in [0.5, 0.6) is 0 Å². The van der Waals surface area contributed by atoms with Crippen molar-refractivity contribution in [1.29, 1.82) is 0 Å². The predicted molar refractivity (Wildman–Crippen MR) is 71.5 cm³/mol. The normalized spacial score (nSPS) is 30.2. The smallest absolute Gasteiger partial charge is 0.0304 e. The maximum absolute atomic E-state index is 5.95. The fourth-order valence-electron chi connectivity index (χ4n) is 2.82. The minimum absolute atomic E-state index is 0.229. The molecule has 0 unspecified atom stereocenters. The van der Waals surface area contributed by atoms with Gasteiger partial charge in [0, 0.05) is 12.1 Å². The number of nitrogens with two attached hydrogens (primary N) is 1. The molecule has 0 amide bonds. The molecule has 0 aliphatic heterocycles. The highest BCUT2D eigenvalue weighted by Gasteiger charge is 2.32. The van der Waals surface area contributed by atoms with E-state index in [1.165, 1.54) is 38.5 Å². The molecule has 3 N–H and O–H groups in total. The third kappa shape index (κ3) is 3.91. The zero-order chi connectivity index (χ0) is 11.9. The van der Waals surface area contributed by atoms with Crippen molar-refractivity contribution < 1.29 is 0 Å². The van der Waals surface area contributed by atoms with Gasteiger partial charge in [0.2, 0.25) is 0 Å². The van der Waals surface area contributed by atoms with Crippen LogP contribution in [-0.4, -0.2) is 18.6 Å². The van der Waals surface area contributed by atoms with Gasteiger partial charge in [0.05, 0.1) is 0 Å². The van der Waals surface area contributed by atoms with Crippen LogP contribution in [0.4, 0.5) is 0 Å². The van der Waals surface area contributed by atoms with E-state index in [0.717, 1.165) is 25.4 Å². The maximum atomic E-state index is 5.95. The summed E-state index contributed by atoms with van der Waals surface area (Å²) in [5.41, 5.74) is 6.18. The molecule has 0 atom stereocenters. The molecule has 0 heterocycles. The Morgan fingerprint density at radius 2 is 2.12 bits per heavy atom. The summed E-state index contributed by atoms with van der Waals surface area (Å²) in [6.45, 7) is 7.85. The molecule has 1 aliphatic carbocycles. The Morgan fingerprint density at radius 1 is 1.44 bits per heavy atom. The monoisotopic (exact) mass is 224 g/mol. The lowest BCUT2D eigenvalue weighted by atomic mass is 9.75. The second-order valence-corrected chi connectivity index (χ2v) is 5.22. The van der Waals surface area contributed by atoms with Gasteiger partial charge in [-0.05, 0) is 44.6 Å². The molecule has 0 spiro atoms. The fraction of sp³-hybridized carbons (Fsp3) is 0.857. The highest BCUT2D eigenvalue weighted by molar-refractivity contribution is 4.94. The molecule has 0 bridgehead atoms. The SMILES string of the molecule is C=CCCNC1(CN)CCC(CCC)CC1. The highest BCUT2D eigenvalue weighted by atomic mass is 15.0. The Hall–Kier alpha value is -0.340. The summed E-state index contributed by atoms with van der Waals surface area (Å²) in [5, 5.41) is 3.65. The topological polar surface area (TPSA) is 38.0 Å². The summed E-state index contributed by atoms with van der Waals surface area (Å²) in [6.07, 6.45) is 11.0. The highest BCUT2D eigenvalue weighted by Crippen LogP contribution is 2.33. The molecule has 0 aromatic rings. The van der Waals surface area contributed by atoms with Crippen molar-refractivity contribution >= 4 is 0 Å². The van der Waals surface area contributed by atoms with Crippen LogP contribution in [0.2, 0.25) is 0 Å². The van der Waals surface area contributed by atoms with Crippen LogP contribution in [0.3, 0.4) is 0 Å². The molecule has 1 aliphatic rings. The van der Waals surface area contributed by atoms with E-state index in [1.54, 1.807) is 0 Å². The van der Waals surface area contributed by atoms with E-state index in [2.05, 4.69) is 18.8 Å². The molecule has 1 rings (SSSR count). The van der Waals surface area contributed by atoms with E-state index in [0.29, 0.717) is 0 Å². The van der Waals surface area contributed by atoms with E-state index in [1.807, 2.05) is 6.08 Å². The molecule has 2 heteroatoms. The second-order valence-electron chi connectivity index (χ2n) is 5.22. The number of nitrogens with one attached hydrogen (secondary N) is 1. The largest absolute Gasteiger partial charge is 0.329 e. The van der Waals surface area contributed by atoms with Crippen LogP contribution in [0.1, 0.15) is 51.9 Å². The number of rotatable bonds is 7. The summed E-state index contributed by atoms with van der Waals surface area (Å²) >= 11 is 0. The first-order valence-electron chi connectivity index (χ1n) is 6.82. The predicted octanol–water partition coefficient (Wildman–Crippen LogP) is 2.84. The Labute approximate surface area is 101 Å². The maximum Gasteiger partial charge on any atom is 0.0304 e. The van der Waals surface area contributed by atoms with Crippen LogP contribution >= 0.6 is 0 Å². The van der Waals surface area contributed by atoms with Crippen molar-refractivity contribution in [2.45, 2.75) is 57.4 Å². The molecule has 0 radical (unpaired) electrons. The first-order chi connectivity index (χ1) is 7.76. The summed E-state index contributed by atoms with van der Waals surface area (Å²) in [7, 11) is 0. The van der Waals surface area contributed by atoms with Crippen molar-refractivity contribution in [2.75, 3.05) is 13.1 Å². The molecular weight excluding hydrogens is 196 g/mol. The van der Waals surface area contributed by atoms with Crippen LogP contribution < -0.4 is 11.1 Å². The quantitative estimate of drug-likeness (QED) is 0.515. The van der Waals surface area contributed by atoms with E-state index in [9.17, 15) is 0 Å².